The molecule has 0 amide bonds. The van der Waals surface area contributed by atoms with E-state index in [0.717, 1.165) is 5.69 Å². The van der Waals surface area contributed by atoms with Crippen LogP contribution >= 0.6 is 0 Å². The average Bonchev–Trinajstić information content (AvgIpc) is 2.58. The van der Waals surface area contributed by atoms with E-state index in [4.69, 9.17) is 5.26 Å². The first-order valence-corrected chi connectivity index (χ1v) is 4.89. The van der Waals surface area contributed by atoms with Gasteiger partial charge in [0, 0.05) is 19.3 Å². The zero-order valence-corrected chi connectivity index (χ0v) is 9.12. The summed E-state index contributed by atoms with van der Waals surface area (Å²) in [5, 5.41) is 22.7. The predicted octanol–water partition coefficient (Wildman–Crippen LogP) is 1.30. The molecule has 1 atom stereocenters. The Morgan fingerprint density at radius 1 is 1.56 bits per heavy atom. The molecular weight excluding hydrogens is 204 g/mol. The van der Waals surface area contributed by atoms with Crippen molar-refractivity contribution in [3.05, 3.63) is 35.7 Å². The third kappa shape index (κ3) is 1.65. The minimum Gasteiger partial charge on any atom is -0.493 e. The number of allylic oxidation sites excluding steroid dienone is 2. The quantitative estimate of drug-likeness (QED) is 0.768. The fourth-order valence-corrected chi connectivity index (χ4v) is 1.64. The van der Waals surface area contributed by atoms with Crippen LogP contribution in [-0.2, 0) is 0 Å². The Kier molecular flexibility index (Phi) is 2.41. The van der Waals surface area contributed by atoms with E-state index < -0.39 is 0 Å². The predicted molar refractivity (Wildman–Crippen MR) is 58.3 cm³/mol. The van der Waals surface area contributed by atoms with E-state index in [-0.39, 0.29) is 12.0 Å². The smallest absolute Gasteiger partial charge is 0.211 e. The molecular formula is C11H12N4O. The summed E-state index contributed by atoms with van der Waals surface area (Å²) in [6.07, 6.45) is 5.02. The monoisotopic (exact) mass is 216 g/mol. The van der Waals surface area contributed by atoms with Crippen molar-refractivity contribution < 1.29 is 5.11 Å². The van der Waals surface area contributed by atoms with Gasteiger partial charge in [0.1, 0.15) is 6.17 Å². The summed E-state index contributed by atoms with van der Waals surface area (Å²) in [5.74, 6) is 0.0955. The molecule has 1 aliphatic heterocycles. The molecule has 0 spiro atoms. The molecule has 2 rings (SSSR count). The number of nitriles is 1. The van der Waals surface area contributed by atoms with Crippen molar-refractivity contribution in [2.75, 3.05) is 7.05 Å². The van der Waals surface area contributed by atoms with E-state index >= 15 is 0 Å². The molecule has 0 aliphatic carbocycles. The lowest BCUT2D eigenvalue weighted by molar-refractivity contribution is 0.249. The normalized spacial score (nSPS) is 19.4. The average molecular weight is 216 g/mol. The standard InChI is InChI=1S/C11H12N4O/c1-8-5-11(16)15(13-8)10-6-9(7-12)3-4-14(10)2/h3-6,10,16H,1-2H3. The van der Waals surface area contributed by atoms with E-state index in [9.17, 15) is 5.11 Å². The number of hydrogen-bond donors (Lipinski definition) is 1. The maximum Gasteiger partial charge on any atom is 0.211 e. The van der Waals surface area contributed by atoms with Gasteiger partial charge in [0.2, 0.25) is 5.88 Å². The van der Waals surface area contributed by atoms with Crippen molar-refractivity contribution >= 4 is 0 Å². The Hall–Kier alpha value is -2.22. The lowest BCUT2D eigenvalue weighted by Crippen LogP contribution is -2.26. The first-order valence-electron chi connectivity index (χ1n) is 4.89. The highest BCUT2D eigenvalue weighted by Crippen LogP contribution is 2.25. The van der Waals surface area contributed by atoms with Gasteiger partial charge in [-0.05, 0) is 19.1 Å². The molecule has 1 N–H and O–H groups in total. The minimum atomic E-state index is -0.256. The van der Waals surface area contributed by atoms with Gasteiger partial charge in [-0.3, -0.25) is 0 Å². The summed E-state index contributed by atoms with van der Waals surface area (Å²) in [6.45, 7) is 1.81. The van der Waals surface area contributed by atoms with Crippen LogP contribution in [0.2, 0.25) is 0 Å². The zero-order valence-electron chi connectivity index (χ0n) is 9.12. The topological polar surface area (TPSA) is 65.1 Å². The van der Waals surface area contributed by atoms with Gasteiger partial charge in [0.25, 0.3) is 0 Å². The van der Waals surface area contributed by atoms with E-state index in [1.807, 2.05) is 18.9 Å². The number of hydrogen-bond acceptors (Lipinski definition) is 4. The van der Waals surface area contributed by atoms with E-state index in [2.05, 4.69) is 11.2 Å². The van der Waals surface area contributed by atoms with Crippen LogP contribution in [0.15, 0.2) is 30.0 Å². The van der Waals surface area contributed by atoms with Gasteiger partial charge in [-0.2, -0.15) is 10.4 Å². The van der Waals surface area contributed by atoms with Crippen molar-refractivity contribution in [1.29, 1.82) is 5.26 Å². The summed E-state index contributed by atoms with van der Waals surface area (Å²) in [5.41, 5.74) is 1.31. The summed E-state index contributed by atoms with van der Waals surface area (Å²) < 4.78 is 1.48. The third-order valence-electron chi connectivity index (χ3n) is 2.45. The van der Waals surface area contributed by atoms with Crippen LogP contribution in [0.3, 0.4) is 0 Å². The van der Waals surface area contributed by atoms with Crippen LogP contribution in [0.1, 0.15) is 11.9 Å². The number of aromatic nitrogens is 2. The maximum absolute atomic E-state index is 9.70. The van der Waals surface area contributed by atoms with Crippen molar-refractivity contribution in [2.24, 2.45) is 0 Å². The Labute approximate surface area is 93.5 Å². The van der Waals surface area contributed by atoms with Crippen LogP contribution < -0.4 is 0 Å². The van der Waals surface area contributed by atoms with Crippen LogP contribution in [0, 0.1) is 18.3 Å². The summed E-state index contributed by atoms with van der Waals surface area (Å²) >= 11 is 0. The molecule has 0 saturated heterocycles. The van der Waals surface area contributed by atoms with Crippen LogP contribution in [0.25, 0.3) is 0 Å². The molecule has 16 heavy (non-hydrogen) atoms. The molecule has 0 fully saturated rings. The minimum absolute atomic E-state index is 0.0955. The highest BCUT2D eigenvalue weighted by molar-refractivity contribution is 5.36. The fraction of sp³-hybridized carbons (Fsp3) is 0.273. The maximum atomic E-state index is 9.70. The molecule has 5 heteroatoms. The van der Waals surface area contributed by atoms with Crippen LogP contribution in [0.4, 0.5) is 0 Å². The highest BCUT2D eigenvalue weighted by Gasteiger charge is 2.19. The van der Waals surface area contributed by atoms with Crippen molar-refractivity contribution in [1.82, 2.24) is 14.7 Å². The molecule has 1 aliphatic rings. The number of aryl methyl sites for hydroxylation is 1. The molecule has 5 nitrogen and oxygen atoms in total. The second-order valence-electron chi connectivity index (χ2n) is 3.72. The Morgan fingerprint density at radius 2 is 2.31 bits per heavy atom. The first-order chi connectivity index (χ1) is 7.61. The van der Waals surface area contributed by atoms with Gasteiger partial charge in [0.15, 0.2) is 0 Å². The molecule has 0 radical (unpaired) electrons. The van der Waals surface area contributed by atoms with E-state index in [0.29, 0.717) is 5.57 Å². The SMILES string of the molecule is Cc1cc(O)n(C2C=C(C#N)C=CN2C)n1. The van der Waals surface area contributed by atoms with Crippen LogP contribution in [-0.4, -0.2) is 26.8 Å². The highest BCUT2D eigenvalue weighted by atomic mass is 16.3. The van der Waals surface area contributed by atoms with Gasteiger partial charge in [-0.15, -0.1) is 0 Å². The molecule has 2 heterocycles. The van der Waals surface area contributed by atoms with Gasteiger partial charge in [-0.25, -0.2) is 4.68 Å². The van der Waals surface area contributed by atoms with E-state index in [1.54, 1.807) is 24.4 Å². The molecule has 0 saturated carbocycles. The van der Waals surface area contributed by atoms with Crippen molar-refractivity contribution in [3.8, 4) is 11.9 Å². The molecule has 1 aromatic heterocycles. The number of rotatable bonds is 1. The Morgan fingerprint density at radius 3 is 2.88 bits per heavy atom. The number of likely N-dealkylation sites (N-methyl/N-ethyl adjacent to an activating group) is 1. The molecule has 0 aromatic carbocycles. The zero-order chi connectivity index (χ0) is 11.7. The Bertz CT molecular complexity index is 507. The van der Waals surface area contributed by atoms with Crippen molar-refractivity contribution in [3.63, 3.8) is 0 Å². The van der Waals surface area contributed by atoms with Crippen molar-refractivity contribution in [2.45, 2.75) is 13.1 Å². The second-order valence-corrected chi connectivity index (χ2v) is 3.72. The van der Waals surface area contributed by atoms with Gasteiger partial charge < -0.3 is 10.0 Å². The third-order valence-corrected chi connectivity index (χ3v) is 2.45. The Balaban J connectivity index is 2.41. The molecule has 82 valence electrons. The fourth-order valence-electron chi connectivity index (χ4n) is 1.64. The largest absolute Gasteiger partial charge is 0.493 e. The summed E-state index contributed by atoms with van der Waals surface area (Å²) in [7, 11) is 1.86. The molecule has 1 aromatic rings. The number of aromatic hydroxyl groups is 1. The first kappa shape index (κ1) is 10.3. The molecule has 1 unspecified atom stereocenters. The number of nitrogens with zero attached hydrogens (tertiary/aromatic N) is 4. The van der Waals surface area contributed by atoms with Gasteiger partial charge in [0.05, 0.1) is 17.3 Å². The van der Waals surface area contributed by atoms with Crippen LogP contribution in [0.5, 0.6) is 5.88 Å². The summed E-state index contributed by atoms with van der Waals surface area (Å²) in [6, 6.07) is 3.66. The second kappa shape index (κ2) is 3.74. The summed E-state index contributed by atoms with van der Waals surface area (Å²) in [4.78, 5) is 1.87. The van der Waals surface area contributed by atoms with Gasteiger partial charge in [-0.1, -0.05) is 0 Å². The van der Waals surface area contributed by atoms with E-state index in [1.165, 1.54) is 4.68 Å². The lowest BCUT2D eigenvalue weighted by Gasteiger charge is -2.27. The molecule has 0 bridgehead atoms. The lowest BCUT2D eigenvalue weighted by atomic mass is 10.2. The van der Waals surface area contributed by atoms with Gasteiger partial charge >= 0.3 is 0 Å².